The highest BCUT2D eigenvalue weighted by Gasteiger charge is 2.18. The molecule has 84 valence electrons. The lowest BCUT2D eigenvalue weighted by Gasteiger charge is -2.20. The first-order chi connectivity index (χ1) is 7.74. The molecule has 0 saturated heterocycles. The third-order valence-corrected chi connectivity index (χ3v) is 2.48. The van der Waals surface area contributed by atoms with Gasteiger partial charge in [-0.1, -0.05) is 23.9 Å². The molecule has 0 amide bonds. The molecule has 5 nitrogen and oxygen atoms in total. The largest absolute Gasteiger partial charge is 0.380 e. The van der Waals surface area contributed by atoms with Gasteiger partial charge < -0.3 is 4.74 Å². The Balaban J connectivity index is 2.39. The molecule has 1 aliphatic heterocycles. The van der Waals surface area contributed by atoms with Crippen molar-refractivity contribution >= 4 is 5.69 Å². The predicted octanol–water partition coefficient (Wildman–Crippen LogP) is 2.30. The van der Waals surface area contributed by atoms with E-state index in [0.29, 0.717) is 12.4 Å². The summed E-state index contributed by atoms with van der Waals surface area (Å²) >= 11 is 0. The smallest absolute Gasteiger partial charge is 0.170 e. The zero-order chi connectivity index (χ0) is 11.5. The minimum absolute atomic E-state index is 0.549. The van der Waals surface area contributed by atoms with Gasteiger partial charge in [-0.3, -0.25) is 0 Å². The van der Waals surface area contributed by atoms with Crippen molar-refractivity contribution in [3.05, 3.63) is 41.7 Å². The summed E-state index contributed by atoms with van der Waals surface area (Å²) in [6.07, 6.45) is 0. The summed E-state index contributed by atoms with van der Waals surface area (Å²) in [6, 6.07) is 6.01. The van der Waals surface area contributed by atoms with Crippen LogP contribution in [0.3, 0.4) is 0 Å². The SMILES string of the molecule is C=C1N=NNN1c1cccc(C)c1COC. The Morgan fingerprint density at radius 1 is 1.50 bits per heavy atom. The highest BCUT2D eigenvalue weighted by molar-refractivity contribution is 5.59. The van der Waals surface area contributed by atoms with E-state index in [1.165, 1.54) is 5.56 Å². The van der Waals surface area contributed by atoms with Crippen LogP contribution in [0, 0.1) is 6.92 Å². The van der Waals surface area contributed by atoms with Crippen LogP contribution in [-0.2, 0) is 11.3 Å². The first-order valence-electron chi connectivity index (χ1n) is 4.97. The van der Waals surface area contributed by atoms with Crippen LogP contribution in [0.1, 0.15) is 11.1 Å². The zero-order valence-corrected chi connectivity index (χ0v) is 9.40. The van der Waals surface area contributed by atoms with Crippen LogP contribution in [0.15, 0.2) is 40.9 Å². The highest BCUT2D eigenvalue weighted by Crippen LogP contribution is 2.27. The van der Waals surface area contributed by atoms with Crippen LogP contribution in [0.2, 0.25) is 0 Å². The summed E-state index contributed by atoms with van der Waals surface area (Å²) in [5.74, 6) is 0.572. The number of anilines is 1. The van der Waals surface area contributed by atoms with Gasteiger partial charge in [-0.2, -0.15) is 5.53 Å². The Morgan fingerprint density at radius 3 is 2.94 bits per heavy atom. The number of hydrogen-bond donors (Lipinski definition) is 1. The number of hydrazine groups is 1. The van der Waals surface area contributed by atoms with Gasteiger partial charge in [0.05, 0.1) is 12.3 Å². The lowest BCUT2D eigenvalue weighted by Crippen LogP contribution is -2.28. The fourth-order valence-electron chi connectivity index (χ4n) is 1.65. The van der Waals surface area contributed by atoms with Crippen molar-refractivity contribution in [2.24, 2.45) is 10.3 Å². The lowest BCUT2D eigenvalue weighted by atomic mass is 10.1. The summed E-state index contributed by atoms with van der Waals surface area (Å²) in [4.78, 5) is 0. The monoisotopic (exact) mass is 218 g/mol. The van der Waals surface area contributed by atoms with Crippen LogP contribution in [0.25, 0.3) is 0 Å². The van der Waals surface area contributed by atoms with Crippen LogP contribution in [-0.4, -0.2) is 7.11 Å². The minimum Gasteiger partial charge on any atom is -0.380 e. The third kappa shape index (κ3) is 1.77. The first-order valence-corrected chi connectivity index (χ1v) is 4.97. The fourth-order valence-corrected chi connectivity index (χ4v) is 1.65. The van der Waals surface area contributed by atoms with Crippen molar-refractivity contribution in [2.45, 2.75) is 13.5 Å². The summed E-state index contributed by atoms with van der Waals surface area (Å²) in [5, 5.41) is 9.28. The number of ether oxygens (including phenoxy) is 1. The molecule has 0 saturated carbocycles. The van der Waals surface area contributed by atoms with Gasteiger partial charge in [0.1, 0.15) is 0 Å². The van der Waals surface area contributed by atoms with Crippen LogP contribution in [0.4, 0.5) is 5.69 Å². The quantitative estimate of drug-likeness (QED) is 0.846. The first kappa shape index (κ1) is 10.6. The van der Waals surface area contributed by atoms with Gasteiger partial charge in [-0.15, -0.1) is 5.11 Å². The topological polar surface area (TPSA) is 49.2 Å². The van der Waals surface area contributed by atoms with Crippen molar-refractivity contribution in [1.29, 1.82) is 0 Å². The molecule has 0 aromatic heterocycles. The minimum atomic E-state index is 0.549. The molecular weight excluding hydrogens is 204 g/mol. The predicted molar refractivity (Wildman–Crippen MR) is 61.5 cm³/mol. The van der Waals surface area contributed by atoms with E-state index in [2.05, 4.69) is 22.5 Å². The maximum atomic E-state index is 5.20. The van der Waals surface area contributed by atoms with Gasteiger partial charge in [0, 0.05) is 12.7 Å². The van der Waals surface area contributed by atoms with Crippen molar-refractivity contribution in [3.8, 4) is 0 Å². The standard InChI is InChI=1S/C11H14N4O/c1-8-5-4-6-11(10(8)7-16-3)15-9(2)12-13-14-15/h4-6H,2,7H2,1,3H3,(H,12,14). The Morgan fingerprint density at radius 2 is 2.31 bits per heavy atom. The van der Waals surface area contributed by atoms with E-state index in [9.17, 15) is 0 Å². The molecule has 16 heavy (non-hydrogen) atoms. The molecule has 0 fully saturated rings. The molecule has 1 heterocycles. The van der Waals surface area contributed by atoms with E-state index < -0.39 is 0 Å². The van der Waals surface area contributed by atoms with E-state index in [-0.39, 0.29) is 0 Å². The summed E-state index contributed by atoms with van der Waals surface area (Å²) < 4.78 is 5.20. The molecule has 0 atom stereocenters. The normalized spacial score (nSPS) is 14.4. The number of rotatable bonds is 3. The van der Waals surface area contributed by atoms with E-state index in [4.69, 9.17) is 4.74 Å². The maximum Gasteiger partial charge on any atom is 0.170 e. The zero-order valence-electron chi connectivity index (χ0n) is 9.40. The molecule has 1 aromatic rings. The fraction of sp³-hybridized carbons (Fsp3) is 0.273. The Hall–Kier alpha value is -1.88. The lowest BCUT2D eigenvalue weighted by molar-refractivity contribution is 0.184. The van der Waals surface area contributed by atoms with Gasteiger partial charge in [-0.25, -0.2) is 5.01 Å². The van der Waals surface area contributed by atoms with Gasteiger partial charge in [0.15, 0.2) is 5.82 Å². The van der Waals surface area contributed by atoms with Crippen molar-refractivity contribution in [1.82, 2.24) is 5.53 Å². The van der Waals surface area contributed by atoms with E-state index in [1.54, 1.807) is 12.1 Å². The third-order valence-electron chi connectivity index (χ3n) is 2.48. The van der Waals surface area contributed by atoms with Crippen LogP contribution >= 0.6 is 0 Å². The second-order valence-electron chi connectivity index (χ2n) is 3.56. The molecule has 0 spiro atoms. The Labute approximate surface area is 94.4 Å². The molecular formula is C11H14N4O. The second kappa shape index (κ2) is 4.32. The summed E-state index contributed by atoms with van der Waals surface area (Å²) in [5.41, 5.74) is 6.02. The van der Waals surface area contributed by atoms with Gasteiger partial charge in [0.2, 0.25) is 0 Å². The number of hydrogen-bond acceptors (Lipinski definition) is 5. The highest BCUT2D eigenvalue weighted by atomic mass is 16.5. The average Bonchev–Trinajstić information content (AvgIpc) is 2.68. The van der Waals surface area contributed by atoms with Crippen molar-refractivity contribution in [3.63, 3.8) is 0 Å². The van der Waals surface area contributed by atoms with Gasteiger partial charge in [0.25, 0.3) is 0 Å². The van der Waals surface area contributed by atoms with Crippen molar-refractivity contribution < 1.29 is 4.74 Å². The molecule has 1 N–H and O–H groups in total. The molecule has 1 aromatic carbocycles. The number of methoxy groups -OCH3 is 1. The van der Waals surface area contributed by atoms with Crippen LogP contribution < -0.4 is 10.5 Å². The van der Waals surface area contributed by atoms with E-state index in [0.717, 1.165) is 11.3 Å². The van der Waals surface area contributed by atoms with E-state index in [1.807, 2.05) is 25.1 Å². The molecule has 2 rings (SSSR count). The average molecular weight is 218 g/mol. The Bertz CT molecular complexity index is 442. The molecule has 0 bridgehead atoms. The Kier molecular flexibility index (Phi) is 2.87. The maximum absolute atomic E-state index is 5.20. The van der Waals surface area contributed by atoms with Crippen LogP contribution in [0.5, 0.6) is 0 Å². The molecule has 5 heteroatoms. The van der Waals surface area contributed by atoms with E-state index >= 15 is 0 Å². The number of nitrogens with one attached hydrogen (secondary N) is 1. The molecule has 0 unspecified atom stereocenters. The molecule has 0 radical (unpaired) electrons. The van der Waals surface area contributed by atoms with Gasteiger partial charge >= 0.3 is 0 Å². The summed E-state index contributed by atoms with van der Waals surface area (Å²) in [7, 11) is 1.68. The van der Waals surface area contributed by atoms with Gasteiger partial charge in [-0.05, 0) is 18.6 Å². The number of benzene rings is 1. The number of nitrogens with zero attached hydrogens (tertiary/aromatic N) is 3. The molecule has 1 aliphatic rings. The number of aryl methyl sites for hydroxylation is 1. The molecule has 0 aliphatic carbocycles. The summed E-state index contributed by atoms with van der Waals surface area (Å²) in [6.45, 7) is 6.40. The second-order valence-corrected chi connectivity index (χ2v) is 3.56. The van der Waals surface area contributed by atoms with Crippen molar-refractivity contribution in [2.75, 3.05) is 12.1 Å².